The summed E-state index contributed by atoms with van der Waals surface area (Å²) in [5.41, 5.74) is 0.619. The van der Waals surface area contributed by atoms with Crippen LogP contribution in [0, 0.1) is 0 Å². The lowest BCUT2D eigenvalue weighted by molar-refractivity contribution is -0.133. The maximum Gasteiger partial charge on any atom is 0.325 e. The second kappa shape index (κ2) is 6.67. The molecule has 1 spiro atoms. The molecule has 1 atom stereocenters. The van der Waals surface area contributed by atoms with E-state index in [9.17, 15) is 14.4 Å². The van der Waals surface area contributed by atoms with Gasteiger partial charge in [0.1, 0.15) is 11.5 Å². The highest BCUT2D eigenvalue weighted by Crippen LogP contribution is 2.41. The van der Waals surface area contributed by atoms with Crippen molar-refractivity contribution < 1.29 is 23.9 Å². The van der Waals surface area contributed by atoms with Crippen LogP contribution in [0.5, 0.6) is 11.5 Å². The third kappa shape index (κ3) is 2.70. The van der Waals surface area contributed by atoms with Gasteiger partial charge in [-0.2, -0.15) is 0 Å². The zero-order chi connectivity index (χ0) is 19.9. The molecule has 2 aromatic rings. The molecule has 2 aliphatic rings. The van der Waals surface area contributed by atoms with Gasteiger partial charge in [0.05, 0.1) is 20.3 Å². The van der Waals surface area contributed by atoms with Crippen molar-refractivity contribution in [1.82, 2.24) is 10.2 Å². The molecular formula is C21H20N2O5. The van der Waals surface area contributed by atoms with Crippen molar-refractivity contribution in [1.29, 1.82) is 0 Å². The largest absolute Gasteiger partial charge is 0.496 e. The van der Waals surface area contributed by atoms with E-state index in [4.69, 9.17) is 9.47 Å². The van der Waals surface area contributed by atoms with Crippen LogP contribution in [0.3, 0.4) is 0 Å². The Hall–Kier alpha value is -3.35. The molecule has 2 aromatic carbocycles. The van der Waals surface area contributed by atoms with E-state index < -0.39 is 11.6 Å². The fraction of sp³-hybridized carbons (Fsp3) is 0.286. The third-order valence-electron chi connectivity index (χ3n) is 5.27. The summed E-state index contributed by atoms with van der Waals surface area (Å²) in [5, 5.41) is 2.87. The average Bonchev–Trinajstić information content (AvgIpc) is 2.93. The van der Waals surface area contributed by atoms with E-state index in [-0.39, 0.29) is 18.2 Å². The van der Waals surface area contributed by atoms with E-state index in [1.165, 1.54) is 18.9 Å². The minimum Gasteiger partial charge on any atom is -0.496 e. The van der Waals surface area contributed by atoms with Crippen LogP contribution in [0.4, 0.5) is 4.79 Å². The number of benzene rings is 2. The number of nitrogens with zero attached hydrogens (tertiary/aromatic N) is 1. The van der Waals surface area contributed by atoms with E-state index >= 15 is 0 Å². The topological polar surface area (TPSA) is 84.9 Å². The highest BCUT2D eigenvalue weighted by molar-refractivity contribution is 6.08. The Bertz CT molecular complexity index is 987. The minimum atomic E-state index is -1.13. The number of hydrogen-bond donors (Lipinski definition) is 1. The molecule has 4 rings (SSSR count). The van der Waals surface area contributed by atoms with Crippen LogP contribution in [0.2, 0.25) is 0 Å². The summed E-state index contributed by atoms with van der Waals surface area (Å²) in [6.45, 7) is 1.81. The number of carbonyl (C=O) groups is 3. The number of ketones is 1. The fourth-order valence-corrected chi connectivity index (χ4v) is 3.81. The normalized spacial score (nSPS) is 20.6. The number of carbonyl (C=O) groups excluding carboxylic acids is 3. The number of amides is 3. The van der Waals surface area contributed by atoms with E-state index in [0.717, 1.165) is 0 Å². The molecule has 144 valence electrons. The van der Waals surface area contributed by atoms with Gasteiger partial charge in [0.25, 0.3) is 5.91 Å². The van der Waals surface area contributed by atoms with E-state index in [2.05, 4.69) is 5.32 Å². The Morgan fingerprint density at radius 3 is 2.79 bits per heavy atom. The van der Waals surface area contributed by atoms with Gasteiger partial charge in [-0.3, -0.25) is 14.5 Å². The van der Waals surface area contributed by atoms with Crippen LogP contribution in [0.25, 0.3) is 0 Å². The fourth-order valence-electron chi connectivity index (χ4n) is 3.81. The second-order valence-corrected chi connectivity index (χ2v) is 6.90. The number of methoxy groups -OCH3 is 1. The van der Waals surface area contributed by atoms with Crippen molar-refractivity contribution in [3.8, 4) is 11.5 Å². The summed E-state index contributed by atoms with van der Waals surface area (Å²) in [6, 6.07) is 11.7. The van der Waals surface area contributed by atoms with Crippen LogP contribution in [-0.2, 0) is 16.9 Å². The number of rotatable bonds is 4. The molecule has 2 heterocycles. The first kappa shape index (κ1) is 18.0. The van der Waals surface area contributed by atoms with Gasteiger partial charge in [0.15, 0.2) is 11.3 Å². The van der Waals surface area contributed by atoms with E-state index in [0.29, 0.717) is 41.2 Å². The van der Waals surface area contributed by atoms with Crippen LogP contribution in [-0.4, -0.2) is 36.3 Å². The first-order chi connectivity index (χ1) is 13.5. The molecule has 0 bridgehead atoms. The number of imide groups is 1. The molecule has 28 heavy (non-hydrogen) atoms. The van der Waals surface area contributed by atoms with E-state index in [1.54, 1.807) is 30.3 Å². The van der Waals surface area contributed by atoms with Gasteiger partial charge in [-0.25, -0.2) is 4.79 Å². The Kier molecular flexibility index (Phi) is 4.30. The molecule has 0 aromatic heterocycles. The highest BCUT2D eigenvalue weighted by Gasteiger charge is 2.54. The smallest absolute Gasteiger partial charge is 0.325 e. The standard InChI is InChI=1S/C21H20N2O5/c1-13(24)14-7-8-17(27-2)15(11-14)12-23-19(25)21(22-20(23)26)9-10-28-18-6-4-3-5-16(18)21/h3-8,11H,9-10,12H2,1-2H3,(H,22,26)/t21-/m0/s1. The van der Waals surface area contributed by atoms with Crippen LogP contribution < -0.4 is 14.8 Å². The second-order valence-electron chi connectivity index (χ2n) is 6.90. The Labute approximate surface area is 162 Å². The number of urea groups is 1. The van der Waals surface area contributed by atoms with Crippen molar-refractivity contribution in [2.45, 2.75) is 25.4 Å². The molecular weight excluding hydrogens is 360 g/mol. The average molecular weight is 380 g/mol. The van der Waals surface area contributed by atoms with Crippen molar-refractivity contribution in [3.05, 3.63) is 59.2 Å². The van der Waals surface area contributed by atoms with Gasteiger partial charge in [0.2, 0.25) is 0 Å². The van der Waals surface area contributed by atoms with Gasteiger partial charge in [0, 0.05) is 23.1 Å². The molecule has 0 unspecified atom stereocenters. The predicted octanol–water partition coefficient (Wildman–Crippen LogP) is 2.63. The Balaban J connectivity index is 1.71. The zero-order valence-corrected chi connectivity index (χ0v) is 15.7. The van der Waals surface area contributed by atoms with Gasteiger partial charge in [-0.05, 0) is 31.2 Å². The predicted molar refractivity (Wildman–Crippen MR) is 100 cm³/mol. The quantitative estimate of drug-likeness (QED) is 0.651. The number of nitrogens with one attached hydrogen (secondary N) is 1. The molecule has 7 heteroatoms. The molecule has 0 aliphatic carbocycles. The molecule has 1 saturated heterocycles. The first-order valence-corrected chi connectivity index (χ1v) is 9.00. The molecule has 2 aliphatic heterocycles. The van der Waals surface area contributed by atoms with E-state index in [1.807, 2.05) is 12.1 Å². The van der Waals surface area contributed by atoms with Crippen molar-refractivity contribution in [2.75, 3.05) is 13.7 Å². The van der Waals surface area contributed by atoms with Crippen molar-refractivity contribution in [2.24, 2.45) is 0 Å². The maximum atomic E-state index is 13.4. The van der Waals surface area contributed by atoms with Gasteiger partial charge >= 0.3 is 6.03 Å². The summed E-state index contributed by atoms with van der Waals surface area (Å²) in [6.07, 6.45) is 0.357. The van der Waals surface area contributed by atoms with Crippen LogP contribution in [0.15, 0.2) is 42.5 Å². The van der Waals surface area contributed by atoms with Crippen LogP contribution >= 0.6 is 0 Å². The Morgan fingerprint density at radius 1 is 1.25 bits per heavy atom. The number of ether oxygens (including phenoxy) is 2. The Morgan fingerprint density at radius 2 is 2.04 bits per heavy atom. The lowest BCUT2D eigenvalue weighted by Gasteiger charge is -2.33. The zero-order valence-electron chi connectivity index (χ0n) is 15.7. The molecule has 7 nitrogen and oxygen atoms in total. The number of para-hydroxylation sites is 1. The summed E-state index contributed by atoms with van der Waals surface area (Å²) in [5.74, 6) is 0.679. The van der Waals surface area contributed by atoms with Crippen molar-refractivity contribution in [3.63, 3.8) is 0 Å². The minimum absolute atomic E-state index is 0.0136. The molecule has 0 saturated carbocycles. The molecule has 3 amide bonds. The first-order valence-electron chi connectivity index (χ1n) is 9.00. The van der Waals surface area contributed by atoms with Crippen LogP contribution in [0.1, 0.15) is 34.8 Å². The number of hydrogen-bond acceptors (Lipinski definition) is 5. The maximum absolute atomic E-state index is 13.4. The third-order valence-corrected chi connectivity index (χ3v) is 5.27. The SMILES string of the molecule is COc1ccc(C(C)=O)cc1CN1C(=O)N[C@]2(CCOc3ccccc32)C1=O. The molecule has 1 N–H and O–H groups in total. The number of Topliss-reactive ketones (excluding diaryl/α,β-unsaturated/α-hetero) is 1. The van der Waals surface area contributed by atoms with Gasteiger partial charge in [-0.15, -0.1) is 0 Å². The summed E-state index contributed by atoms with van der Waals surface area (Å²) < 4.78 is 11.0. The number of fused-ring (bicyclic) bond motifs is 2. The highest BCUT2D eigenvalue weighted by atomic mass is 16.5. The summed E-state index contributed by atoms with van der Waals surface area (Å²) in [7, 11) is 1.51. The van der Waals surface area contributed by atoms with Crippen molar-refractivity contribution >= 4 is 17.7 Å². The van der Waals surface area contributed by atoms with Gasteiger partial charge < -0.3 is 14.8 Å². The lowest BCUT2D eigenvalue weighted by Crippen LogP contribution is -2.47. The summed E-state index contributed by atoms with van der Waals surface area (Å²) in [4.78, 5) is 39.0. The molecule has 0 radical (unpaired) electrons. The monoisotopic (exact) mass is 380 g/mol. The molecule has 1 fully saturated rings. The summed E-state index contributed by atoms with van der Waals surface area (Å²) >= 11 is 0. The lowest BCUT2D eigenvalue weighted by atomic mass is 9.84. The van der Waals surface area contributed by atoms with Gasteiger partial charge in [-0.1, -0.05) is 18.2 Å².